The van der Waals surface area contributed by atoms with Crippen LogP contribution in [0.2, 0.25) is 0 Å². The second-order valence-electron chi connectivity index (χ2n) is 4.47. The highest BCUT2D eigenvalue weighted by molar-refractivity contribution is 5.61. The Morgan fingerprint density at radius 1 is 1.22 bits per heavy atom. The first kappa shape index (κ1) is 12.6. The van der Waals surface area contributed by atoms with Gasteiger partial charge >= 0.3 is 0 Å². The van der Waals surface area contributed by atoms with Crippen LogP contribution < -0.4 is 4.74 Å². The lowest BCUT2D eigenvalue weighted by Crippen LogP contribution is -1.97. The van der Waals surface area contributed by atoms with E-state index in [1.807, 2.05) is 25.6 Å². The Morgan fingerprint density at radius 2 is 1.83 bits per heavy atom. The van der Waals surface area contributed by atoms with Gasteiger partial charge in [-0.1, -0.05) is 6.92 Å². The monoisotopic (exact) mass is 245 g/mol. The lowest BCUT2D eigenvalue weighted by atomic mass is 10.1. The fourth-order valence-electron chi connectivity index (χ4n) is 2.24. The summed E-state index contributed by atoms with van der Waals surface area (Å²) >= 11 is 0. The molecule has 0 unspecified atom stereocenters. The maximum Gasteiger partial charge on any atom is 0.158 e. The molecule has 1 heterocycles. The summed E-state index contributed by atoms with van der Waals surface area (Å²) in [5.41, 5.74) is 3.32. The van der Waals surface area contributed by atoms with Crippen molar-refractivity contribution in [2.75, 3.05) is 7.11 Å². The highest BCUT2D eigenvalue weighted by Gasteiger charge is 2.12. The summed E-state index contributed by atoms with van der Waals surface area (Å²) in [5.74, 6) is 2.72. The minimum Gasteiger partial charge on any atom is -0.496 e. The molecule has 0 atom stereocenters. The van der Waals surface area contributed by atoms with Gasteiger partial charge in [-0.2, -0.15) is 5.10 Å². The topological polar surface area (TPSA) is 39.9 Å². The van der Waals surface area contributed by atoms with Gasteiger partial charge in [-0.25, -0.2) is 9.67 Å². The number of aryl methyl sites for hydroxylation is 4. The molecule has 0 amide bonds. The number of methoxy groups -OCH3 is 1. The third-order valence-electron chi connectivity index (χ3n) is 3.05. The zero-order valence-corrected chi connectivity index (χ0v) is 11.6. The highest BCUT2D eigenvalue weighted by atomic mass is 16.5. The molecule has 0 radical (unpaired) electrons. The summed E-state index contributed by atoms with van der Waals surface area (Å²) in [4.78, 5) is 4.55. The minimum atomic E-state index is 0.849. The van der Waals surface area contributed by atoms with E-state index in [2.05, 4.69) is 29.1 Å². The third kappa shape index (κ3) is 2.10. The predicted molar refractivity (Wildman–Crippen MR) is 71.8 cm³/mol. The molecule has 0 aliphatic rings. The Hall–Kier alpha value is -1.84. The van der Waals surface area contributed by atoms with Gasteiger partial charge in [-0.05, 0) is 37.1 Å². The number of ether oxygens (including phenoxy) is 1. The number of aromatic nitrogens is 3. The smallest absolute Gasteiger partial charge is 0.158 e. The van der Waals surface area contributed by atoms with Crippen molar-refractivity contribution in [2.24, 2.45) is 7.05 Å². The van der Waals surface area contributed by atoms with Crippen LogP contribution in [-0.2, 0) is 13.5 Å². The number of hydrogen-bond acceptors (Lipinski definition) is 3. The van der Waals surface area contributed by atoms with E-state index in [0.717, 1.165) is 40.5 Å². The van der Waals surface area contributed by atoms with Crippen LogP contribution in [0.15, 0.2) is 12.1 Å². The predicted octanol–water partition coefficient (Wildman–Crippen LogP) is 2.67. The van der Waals surface area contributed by atoms with Gasteiger partial charge in [0.25, 0.3) is 0 Å². The van der Waals surface area contributed by atoms with Crippen LogP contribution in [0.5, 0.6) is 5.75 Å². The quantitative estimate of drug-likeness (QED) is 0.834. The summed E-state index contributed by atoms with van der Waals surface area (Å²) < 4.78 is 7.21. The largest absolute Gasteiger partial charge is 0.496 e. The average Bonchev–Trinajstić information content (AvgIpc) is 2.70. The molecule has 2 aromatic rings. The van der Waals surface area contributed by atoms with Crippen molar-refractivity contribution in [3.63, 3.8) is 0 Å². The zero-order chi connectivity index (χ0) is 13.3. The summed E-state index contributed by atoms with van der Waals surface area (Å²) in [6, 6.07) is 4.19. The van der Waals surface area contributed by atoms with Gasteiger partial charge in [0.15, 0.2) is 11.6 Å². The van der Waals surface area contributed by atoms with Crippen molar-refractivity contribution in [2.45, 2.75) is 27.2 Å². The van der Waals surface area contributed by atoms with Crippen LogP contribution in [0.4, 0.5) is 0 Å². The molecule has 0 bridgehead atoms. The molecule has 1 aromatic heterocycles. The second-order valence-corrected chi connectivity index (χ2v) is 4.47. The van der Waals surface area contributed by atoms with Crippen LogP contribution in [-0.4, -0.2) is 21.9 Å². The molecule has 1 aromatic carbocycles. The lowest BCUT2D eigenvalue weighted by molar-refractivity contribution is 0.408. The highest BCUT2D eigenvalue weighted by Crippen LogP contribution is 2.28. The fraction of sp³-hybridized carbons (Fsp3) is 0.429. The van der Waals surface area contributed by atoms with Gasteiger partial charge in [0.2, 0.25) is 0 Å². The first-order valence-corrected chi connectivity index (χ1v) is 6.12. The van der Waals surface area contributed by atoms with Gasteiger partial charge in [-0.15, -0.1) is 0 Å². The van der Waals surface area contributed by atoms with Gasteiger partial charge in [0.1, 0.15) is 5.75 Å². The Labute approximate surface area is 108 Å². The summed E-state index contributed by atoms with van der Waals surface area (Å²) in [6.07, 6.45) is 0.849. The molecule has 2 rings (SSSR count). The number of hydrogen-bond donors (Lipinski definition) is 0. The molecule has 0 fully saturated rings. The molecule has 18 heavy (non-hydrogen) atoms. The van der Waals surface area contributed by atoms with E-state index in [9.17, 15) is 0 Å². The zero-order valence-electron chi connectivity index (χ0n) is 11.6. The van der Waals surface area contributed by atoms with Crippen molar-refractivity contribution in [1.29, 1.82) is 0 Å². The van der Waals surface area contributed by atoms with Crippen LogP contribution in [0.3, 0.4) is 0 Å². The Morgan fingerprint density at radius 3 is 2.28 bits per heavy atom. The molecule has 0 saturated heterocycles. The lowest BCUT2D eigenvalue weighted by Gasteiger charge is -2.10. The molecule has 0 aliphatic heterocycles. The van der Waals surface area contributed by atoms with E-state index in [1.165, 1.54) is 0 Å². The fourth-order valence-corrected chi connectivity index (χ4v) is 2.24. The van der Waals surface area contributed by atoms with Gasteiger partial charge in [-0.3, -0.25) is 0 Å². The van der Waals surface area contributed by atoms with E-state index in [-0.39, 0.29) is 0 Å². The summed E-state index contributed by atoms with van der Waals surface area (Å²) in [6.45, 7) is 6.16. The van der Waals surface area contributed by atoms with Crippen LogP contribution in [0.25, 0.3) is 11.4 Å². The van der Waals surface area contributed by atoms with Crippen molar-refractivity contribution < 1.29 is 4.74 Å². The van der Waals surface area contributed by atoms with Gasteiger partial charge in [0, 0.05) is 19.0 Å². The normalized spacial score (nSPS) is 10.7. The second kappa shape index (κ2) is 4.80. The first-order chi connectivity index (χ1) is 8.56. The van der Waals surface area contributed by atoms with E-state index < -0.39 is 0 Å². The van der Waals surface area contributed by atoms with Crippen molar-refractivity contribution in [3.05, 3.63) is 29.1 Å². The Kier molecular flexibility index (Phi) is 3.36. The first-order valence-electron chi connectivity index (χ1n) is 6.12. The van der Waals surface area contributed by atoms with E-state index in [4.69, 9.17) is 4.74 Å². The molecule has 0 aliphatic carbocycles. The Balaban J connectivity index is 2.54. The molecular formula is C14H19N3O. The summed E-state index contributed by atoms with van der Waals surface area (Å²) in [5, 5.41) is 4.38. The minimum absolute atomic E-state index is 0.849. The van der Waals surface area contributed by atoms with E-state index in [0.29, 0.717) is 0 Å². The SMILES string of the molecule is CCc1nc(-c2cc(C)c(OC)c(C)c2)n(C)n1. The van der Waals surface area contributed by atoms with Crippen molar-refractivity contribution in [3.8, 4) is 17.1 Å². The number of benzene rings is 1. The average molecular weight is 245 g/mol. The van der Waals surface area contributed by atoms with Gasteiger partial charge in [0.05, 0.1) is 7.11 Å². The van der Waals surface area contributed by atoms with Gasteiger partial charge < -0.3 is 4.74 Å². The van der Waals surface area contributed by atoms with Crippen molar-refractivity contribution >= 4 is 0 Å². The third-order valence-corrected chi connectivity index (χ3v) is 3.05. The molecule has 0 saturated carbocycles. The van der Waals surface area contributed by atoms with Crippen molar-refractivity contribution in [1.82, 2.24) is 14.8 Å². The van der Waals surface area contributed by atoms with E-state index in [1.54, 1.807) is 7.11 Å². The summed E-state index contributed by atoms with van der Waals surface area (Å²) in [7, 11) is 3.63. The molecule has 4 heteroatoms. The number of rotatable bonds is 3. The van der Waals surface area contributed by atoms with Crippen LogP contribution >= 0.6 is 0 Å². The van der Waals surface area contributed by atoms with E-state index >= 15 is 0 Å². The van der Waals surface area contributed by atoms with Crippen LogP contribution in [0, 0.1) is 13.8 Å². The standard InChI is InChI=1S/C14H19N3O/c1-6-12-15-14(17(4)16-12)11-7-9(2)13(18-5)10(3)8-11/h7-8H,6H2,1-5H3. The molecule has 4 nitrogen and oxygen atoms in total. The van der Waals surface area contributed by atoms with Crippen LogP contribution in [0.1, 0.15) is 23.9 Å². The molecule has 96 valence electrons. The molecule has 0 N–H and O–H groups in total. The maximum absolute atomic E-state index is 5.38. The Bertz CT molecular complexity index is 549. The molecular weight excluding hydrogens is 226 g/mol. The number of nitrogens with zero attached hydrogens (tertiary/aromatic N) is 3. The molecule has 0 spiro atoms. The maximum atomic E-state index is 5.38.